The van der Waals surface area contributed by atoms with Crippen molar-refractivity contribution in [1.29, 1.82) is 0 Å². The topological polar surface area (TPSA) is 78.5 Å². The van der Waals surface area contributed by atoms with Gasteiger partial charge in [0.25, 0.3) is 0 Å². The summed E-state index contributed by atoms with van der Waals surface area (Å²) in [5, 5.41) is 12.6. The molecule has 98 valence electrons. The molecule has 0 saturated carbocycles. The fourth-order valence-corrected chi connectivity index (χ4v) is 1.33. The van der Waals surface area contributed by atoms with E-state index >= 15 is 0 Å². The van der Waals surface area contributed by atoms with Crippen molar-refractivity contribution in [2.75, 3.05) is 13.2 Å². The second-order valence-electron chi connectivity index (χ2n) is 3.74. The largest absolute Gasteiger partial charge is 0.550 e. The number of para-hydroxylation sites is 1. The molecule has 1 amide bonds. The van der Waals surface area contributed by atoms with Crippen LogP contribution in [-0.4, -0.2) is 25.0 Å². The van der Waals surface area contributed by atoms with Gasteiger partial charge >= 0.3 is 0 Å². The van der Waals surface area contributed by atoms with Gasteiger partial charge in [-0.15, -0.1) is 0 Å². The summed E-state index contributed by atoms with van der Waals surface area (Å²) < 4.78 is 5.41. The molecule has 0 radical (unpaired) electrons. The third kappa shape index (κ3) is 6.52. The lowest BCUT2D eigenvalue weighted by atomic mass is 10.3. The Bertz CT molecular complexity index is 378. The van der Waals surface area contributed by atoms with Crippen molar-refractivity contribution in [2.45, 2.75) is 19.3 Å². The minimum Gasteiger partial charge on any atom is -0.550 e. The molecule has 0 heterocycles. The second kappa shape index (κ2) is 8.11. The minimum atomic E-state index is -1.16. The van der Waals surface area contributed by atoms with Gasteiger partial charge in [-0.05, 0) is 18.6 Å². The first-order valence-corrected chi connectivity index (χ1v) is 5.83. The van der Waals surface area contributed by atoms with E-state index in [2.05, 4.69) is 5.32 Å². The van der Waals surface area contributed by atoms with Gasteiger partial charge in [0, 0.05) is 25.4 Å². The summed E-state index contributed by atoms with van der Waals surface area (Å²) >= 11 is 0. The quantitative estimate of drug-likeness (QED) is 0.664. The predicted octanol–water partition coefficient (Wildman–Crippen LogP) is 0.102. The lowest BCUT2D eigenvalue weighted by Crippen LogP contribution is -2.31. The van der Waals surface area contributed by atoms with Gasteiger partial charge in [0.2, 0.25) is 5.91 Å². The number of amides is 1. The third-order valence-electron chi connectivity index (χ3n) is 2.21. The van der Waals surface area contributed by atoms with Crippen LogP contribution in [0.5, 0.6) is 5.75 Å². The summed E-state index contributed by atoms with van der Waals surface area (Å²) in [4.78, 5) is 21.4. The van der Waals surface area contributed by atoms with Crippen LogP contribution >= 0.6 is 0 Å². The number of carbonyl (C=O) groups excluding carboxylic acids is 2. The van der Waals surface area contributed by atoms with Gasteiger partial charge in [-0.25, -0.2) is 0 Å². The number of rotatable bonds is 8. The number of carboxylic acids is 1. The number of carboxylic acid groups (broad SMARTS) is 1. The van der Waals surface area contributed by atoms with Crippen LogP contribution in [-0.2, 0) is 9.59 Å². The minimum absolute atomic E-state index is 0.112. The first-order chi connectivity index (χ1) is 8.68. The molecule has 1 aromatic carbocycles. The highest BCUT2D eigenvalue weighted by Crippen LogP contribution is 2.08. The van der Waals surface area contributed by atoms with Crippen LogP contribution in [0.2, 0.25) is 0 Å². The van der Waals surface area contributed by atoms with Crippen molar-refractivity contribution in [1.82, 2.24) is 5.32 Å². The van der Waals surface area contributed by atoms with E-state index in [0.717, 1.165) is 5.75 Å². The maximum Gasteiger partial charge on any atom is 0.220 e. The van der Waals surface area contributed by atoms with E-state index in [1.165, 1.54) is 0 Å². The maximum absolute atomic E-state index is 11.3. The van der Waals surface area contributed by atoms with E-state index in [1.54, 1.807) is 0 Å². The lowest BCUT2D eigenvalue weighted by Gasteiger charge is -2.07. The Hall–Kier alpha value is -2.04. The zero-order chi connectivity index (χ0) is 13.2. The number of hydrogen-bond donors (Lipinski definition) is 1. The molecule has 18 heavy (non-hydrogen) atoms. The lowest BCUT2D eigenvalue weighted by molar-refractivity contribution is -0.305. The fraction of sp³-hybridized carbons (Fsp3) is 0.385. The molecule has 0 unspecified atom stereocenters. The number of benzene rings is 1. The van der Waals surface area contributed by atoms with Crippen LogP contribution in [0.15, 0.2) is 30.3 Å². The Balaban J connectivity index is 2.04. The monoisotopic (exact) mass is 250 g/mol. The van der Waals surface area contributed by atoms with Crippen molar-refractivity contribution in [3.63, 3.8) is 0 Å². The number of nitrogens with one attached hydrogen (secondary N) is 1. The van der Waals surface area contributed by atoms with Crippen LogP contribution in [0.3, 0.4) is 0 Å². The number of carbonyl (C=O) groups is 2. The van der Waals surface area contributed by atoms with E-state index in [4.69, 9.17) is 4.74 Å². The highest BCUT2D eigenvalue weighted by Gasteiger charge is 2.00. The van der Waals surface area contributed by atoms with E-state index < -0.39 is 5.97 Å². The van der Waals surface area contributed by atoms with Crippen molar-refractivity contribution in [2.24, 2.45) is 0 Å². The van der Waals surface area contributed by atoms with Crippen LogP contribution in [0, 0.1) is 0 Å². The second-order valence-corrected chi connectivity index (χ2v) is 3.74. The van der Waals surface area contributed by atoms with Crippen molar-refractivity contribution >= 4 is 11.9 Å². The molecule has 0 aromatic heterocycles. The first-order valence-electron chi connectivity index (χ1n) is 5.83. The van der Waals surface area contributed by atoms with Gasteiger partial charge in [-0.3, -0.25) is 4.79 Å². The molecule has 5 heteroatoms. The molecular weight excluding hydrogens is 234 g/mol. The molecule has 1 aromatic rings. The Morgan fingerprint density at radius 1 is 1.17 bits per heavy atom. The normalized spacial score (nSPS) is 9.78. The Morgan fingerprint density at radius 3 is 2.56 bits per heavy atom. The van der Waals surface area contributed by atoms with Gasteiger partial charge in [-0.1, -0.05) is 18.2 Å². The highest BCUT2D eigenvalue weighted by atomic mass is 16.5. The Morgan fingerprint density at radius 2 is 1.89 bits per heavy atom. The number of aliphatic carboxylic acids is 1. The first kappa shape index (κ1) is 14.0. The van der Waals surface area contributed by atoms with Crippen molar-refractivity contribution < 1.29 is 19.4 Å². The molecule has 0 saturated heterocycles. The fourth-order valence-electron chi connectivity index (χ4n) is 1.33. The smallest absolute Gasteiger partial charge is 0.220 e. The van der Waals surface area contributed by atoms with E-state index in [-0.39, 0.29) is 18.9 Å². The zero-order valence-corrected chi connectivity index (χ0v) is 10.1. The molecule has 1 N–H and O–H groups in total. The molecule has 0 aliphatic carbocycles. The van der Waals surface area contributed by atoms with Gasteiger partial charge in [0.05, 0.1) is 6.61 Å². The predicted molar refractivity (Wildman–Crippen MR) is 63.8 cm³/mol. The summed E-state index contributed by atoms with van der Waals surface area (Å²) in [5.74, 6) is -0.564. The molecule has 0 bridgehead atoms. The summed E-state index contributed by atoms with van der Waals surface area (Å²) in [5.41, 5.74) is 0. The summed E-state index contributed by atoms with van der Waals surface area (Å²) in [6.07, 6.45) is 0.748. The summed E-state index contributed by atoms with van der Waals surface area (Å²) in [6.45, 7) is 0.568. The van der Waals surface area contributed by atoms with Crippen LogP contribution < -0.4 is 15.2 Å². The molecule has 0 aliphatic heterocycles. The van der Waals surface area contributed by atoms with E-state index in [1.807, 2.05) is 30.3 Å². The van der Waals surface area contributed by atoms with Crippen LogP contribution in [0.4, 0.5) is 0 Å². The zero-order valence-electron chi connectivity index (χ0n) is 10.1. The SMILES string of the molecule is O=C([O-])CCNC(=O)CCCOc1ccccc1. The van der Waals surface area contributed by atoms with Gasteiger partial charge in [0.15, 0.2) is 0 Å². The molecule has 0 spiro atoms. The molecule has 0 atom stereocenters. The standard InChI is InChI=1S/C13H17NO4/c15-12(14-9-8-13(16)17)7-4-10-18-11-5-2-1-3-6-11/h1-3,5-6H,4,7-10H2,(H,14,15)(H,16,17)/p-1. The van der Waals surface area contributed by atoms with E-state index in [9.17, 15) is 14.7 Å². The highest BCUT2D eigenvalue weighted by molar-refractivity contribution is 5.76. The maximum atomic E-state index is 11.3. The van der Waals surface area contributed by atoms with Crippen LogP contribution in [0.25, 0.3) is 0 Å². The van der Waals surface area contributed by atoms with Crippen molar-refractivity contribution in [3.05, 3.63) is 30.3 Å². The molecule has 5 nitrogen and oxygen atoms in total. The van der Waals surface area contributed by atoms with Gasteiger partial charge < -0.3 is 20.0 Å². The van der Waals surface area contributed by atoms with Crippen LogP contribution in [0.1, 0.15) is 19.3 Å². The number of ether oxygens (including phenoxy) is 1. The Kier molecular flexibility index (Phi) is 6.32. The summed E-state index contributed by atoms with van der Waals surface area (Å²) in [7, 11) is 0. The molecular formula is C13H16NO4-. The molecule has 1 rings (SSSR count). The average Bonchev–Trinajstić information content (AvgIpc) is 2.35. The average molecular weight is 250 g/mol. The molecule has 0 aliphatic rings. The summed E-state index contributed by atoms with van der Waals surface area (Å²) in [6, 6.07) is 9.35. The number of hydrogen-bond acceptors (Lipinski definition) is 4. The van der Waals surface area contributed by atoms with E-state index in [0.29, 0.717) is 19.4 Å². The third-order valence-corrected chi connectivity index (χ3v) is 2.21. The molecule has 0 fully saturated rings. The van der Waals surface area contributed by atoms with Gasteiger partial charge in [0.1, 0.15) is 5.75 Å². The van der Waals surface area contributed by atoms with Crippen molar-refractivity contribution in [3.8, 4) is 5.75 Å². The Labute approximate surface area is 106 Å². The van der Waals surface area contributed by atoms with Gasteiger partial charge in [-0.2, -0.15) is 0 Å².